The monoisotopic (exact) mass is 985 g/mol. The van der Waals surface area contributed by atoms with E-state index < -0.39 is 6.10 Å². The van der Waals surface area contributed by atoms with Crippen LogP contribution in [0.2, 0.25) is 0 Å². The van der Waals surface area contributed by atoms with Gasteiger partial charge in [0.05, 0.1) is 0 Å². The molecular formula is C65H108O6. The maximum atomic E-state index is 12.9. The van der Waals surface area contributed by atoms with Gasteiger partial charge in [-0.15, -0.1) is 0 Å². The second-order valence-electron chi connectivity index (χ2n) is 19.2. The molecule has 1 unspecified atom stereocenters. The summed E-state index contributed by atoms with van der Waals surface area (Å²) in [5, 5.41) is 0. The summed E-state index contributed by atoms with van der Waals surface area (Å²) in [6.45, 7) is 6.36. The molecule has 6 heteroatoms. The van der Waals surface area contributed by atoms with Gasteiger partial charge in [0.15, 0.2) is 6.10 Å². The van der Waals surface area contributed by atoms with E-state index >= 15 is 0 Å². The fourth-order valence-corrected chi connectivity index (χ4v) is 7.97. The maximum absolute atomic E-state index is 12.9. The van der Waals surface area contributed by atoms with Crippen LogP contribution in [0.4, 0.5) is 0 Å². The number of esters is 3. The van der Waals surface area contributed by atoms with Gasteiger partial charge in [-0.25, -0.2) is 0 Å². The summed E-state index contributed by atoms with van der Waals surface area (Å²) in [6, 6.07) is 0. The topological polar surface area (TPSA) is 78.9 Å². The Labute approximate surface area is 438 Å². The standard InChI is InChI=1S/C65H108O6/c1-4-7-10-13-16-19-22-25-28-30-32-34-37-40-43-46-49-52-55-58-64(67)70-61-62(60-69-63(66)57-54-51-48-45-42-39-36-27-24-21-18-15-12-9-6-3)71-65(68)59-56-53-50-47-44-41-38-35-33-31-29-26-23-20-17-14-11-8-5-2/h7,9-10,12,15-16,18-19,21,24-25,27-28,31-34,36,62H,4-6,8,11,13-14,17,20,22-23,26,29-30,35,37-61H2,1-3H3/b10-7-,12-9-,18-15-,19-16-,24-21-,28-25-,33-31-,34-32-,36-27-. The number of carbonyl (C=O) groups is 3. The van der Waals surface area contributed by atoms with Crippen LogP contribution < -0.4 is 0 Å². The van der Waals surface area contributed by atoms with Crippen molar-refractivity contribution < 1.29 is 28.6 Å². The number of hydrogen-bond donors (Lipinski definition) is 0. The Bertz CT molecular complexity index is 1460. The minimum atomic E-state index is -0.799. The highest BCUT2D eigenvalue weighted by Gasteiger charge is 2.19. The van der Waals surface area contributed by atoms with Crippen molar-refractivity contribution in [2.75, 3.05) is 13.2 Å². The van der Waals surface area contributed by atoms with Gasteiger partial charge in [0, 0.05) is 19.3 Å². The summed E-state index contributed by atoms with van der Waals surface area (Å²) >= 11 is 0. The SMILES string of the molecule is CC\C=C/C=C\C=C/C=C\CCCCCCCC(=O)OCC(COC(=O)CCCCCCCC/C=C\C/C=C\C/C=C\C/C=C\CC)OC(=O)CCCCCCCCC/C=C\CCCCCCCCCC. The van der Waals surface area contributed by atoms with Crippen molar-refractivity contribution in [3.63, 3.8) is 0 Å². The smallest absolute Gasteiger partial charge is 0.306 e. The average Bonchev–Trinajstić information content (AvgIpc) is 3.37. The molecule has 71 heavy (non-hydrogen) atoms. The van der Waals surface area contributed by atoms with Crippen LogP contribution in [-0.4, -0.2) is 37.2 Å². The average molecular weight is 986 g/mol. The van der Waals surface area contributed by atoms with Crippen LogP contribution >= 0.6 is 0 Å². The van der Waals surface area contributed by atoms with Gasteiger partial charge in [-0.05, 0) is 103 Å². The van der Waals surface area contributed by atoms with Crippen molar-refractivity contribution in [1.82, 2.24) is 0 Å². The lowest BCUT2D eigenvalue weighted by atomic mass is 10.1. The normalized spacial score (nSPS) is 12.9. The lowest BCUT2D eigenvalue weighted by Gasteiger charge is -2.18. The molecule has 0 fully saturated rings. The molecule has 0 saturated carbocycles. The Hall–Kier alpha value is -3.93. The number of carbonyl (C=O) groups excluding carboxylic acids is 3. The van der Waals surface area contributed by atoms with Gasteiger partial charge in [0.1, 0.15) is 13.2 Å². The molecule has 0 amide bonds. The Morgan fingerprint density at radius 1 is 0.310 bits per heavy atom. The van der Waals surface area contributed by atoms with E-state index in [-0.39, 0.29) is 31.1 Å². The molecule has 0 spiro atoms. The zero-order chi connectivity index (χ0) is 51.4. The second-order valence-corrected chi connectivity index (χ2v) is 19.2. The van der Waals surface area contributed by atoms with E-state index in [1.165, 1.54) is 103 Å². The highest BCUT2D eigenvalue weighted by atomic mass is 16.6. The van der Waals surface area contributed by atoms with Crippen LogP contribution in [0.3, 0.4) is 0 Å². The first-order chi connectivity index (χ1) is 35.0. The predicted octanol–water partition coefficient (Wildman–Crippen LogP) is 19.9. The number of allylic oxidation sites excluding steroid dienone is 18. The van der Waals surface area contributed by atoms with Crippen LogP contribution in [0.5, 0.6) is 0 Å². The van der Waals surface area contributed by atoms with Crippen LogP contribution in [0.25, 0.3) is 0 Å². The first-order valence-electron chi connectivity index (χ1n) is 29.4. The summed E-state index contributed by atoms with van der Waals surface area (Å²) in [7, 11) is 0. The summed E-state index contributed by atoms with van der Waals surface area (Å²) in [6.07, 6.45) is 79.3. The zero-order valence-electron chi connectivity index (χ0n) is 46.2. The third kappa shape index (κ3) is 56.9. The van der Waals surface area contributed by atoms with E-state index in [9.17, 15) is 14.4 Å². The van der Waals surface area contributed by atoms with Crippen molar-refractivity contribution in [2.24, 2.45) is 0 Å². The van der Waals surface area contributed by atoms with Gasteiger partial charge in [0.25, 0.3) is 0 Å². The molecule has 0 aromatic carbocycles. The van der Waals surface area contributed by atoms with E-state index in [4.69, 9.17) is 14.2 Å². The lowest BCUT2D eigenvalue weighted by molar-refractivity contribution is -0.167. The highest BCUT2D eigenvalue weighted by Crippen LogP contribution is 2.15. The van der Waals surface area contributed by atoms with Crippen molar-refractivity contribution in [3.8, 4) is 0 Å². The van der Waals surface area contributed by atoms with Gasteiger partial charge in [0.2, 0.25) is 0 Å². The van der Waals surface area contributed by atoms with Gasteiger partial charge in [-0.1, -0.05) is 252 Å². The minimum Gasteiger partial charge on any atom is -0.462 e. The van der Waals surface area contributed by atoms with E-state index in [0.29, 0.717) is 19.3 Å². The summed E-state index contributed by atoms with van der Waals surface area (Å²) in [4.78, 5) is 38.2. The quantitative estimate of drug-likeness (QED) is 0.0199. The van der Waals surface area contributed by atoms with E-state index in [2.05, 4.69) is 112 Å². The lowest BCUT2D eigenvalue weighted by Crippen LogP contribution is -2.30. The number of unbranched alkanes of at least 4 members (excludes halogenated alkanes) is 26. The van der Waals surface area contributed by atoms with E-state index in [0.717, 1.165) is 122 Å². The maximum Gasteiger partial charge on any atom is 0.306 e. The molecule has 0 aliphatic rings. The Morgan fingerprint density at radius 3 is 1.04 bits per heavy atom. The number of hydrogen-bond acceptors (Lipinski definition) is 6. The van der Waals surface area contributed by atoms with E-state index in [1.54, 1.807) is 0 Å². The van der Waals surface area contributed by atoms with Crippen molar-refractivity contribution in [3.05, 3.63) is 109 Å². The molecule has 0 rings (SSSR count). The summed E-state index contributed by atoms with van der Waals surface area (Å²) in [5.41, 5.74) is 0. The first kappa shape index (κ1) is 67.1. The number of rotatable bonds is 52. The van der Waals surface area contributed by atoms with Gasteiger partial charge in [-0.3, -0.25) is 14.4 Å². The van der Waals surface area contributed by atoms with Crippen molar-refractivity contribution >= 4 is 17.9 Å². The Kier molecular flexibility index (Phi) is 55.4. The van der Waals surface area contributed by atoms with Crippen LogP contribution in [-0.2, 0) is 28.6 Å². The molecule has 0 N–H and O–H groups in total. The Balaban J connectivity index is 4.45. The molecule has 6 nitrogen and oxygen atoms in total. The summed E-state index contributed by atoms with van der Waals surface area (Å²) in [5.74, 6) is -0.934. The summed E-state index contributed by atoms with van der Waals surface area (Å²) < 4.78 is 16.9. The molecule has 0 bridgehead atoms. The molecule has 404 valence electrons. The first-order valence-corrected chi connectivity index (χ1v) is 29.4. The Morgan fingerprint density at radius 2 is 0.620 bits per heavy atom. The molecular weight excluding hydrogens is 877 g/mol. The third-order valence-electron chi connectivity index (χ3n) is 12.3. The van der Waals surface area contributed by atoms with E-state index in [1.807, 2.05) is 18.2 Å². The minimum absolute atomic E-state index is 0.0965. The second kappa shape index (κ2) is 58.6. The van der Waals surface area contributed by atoms with Gasteiger partial charge >= 0.3 is 17.9 Å². The predicted molar refractivity (Wildman–Crippen MR) is 307 cm³/mol. The van der Waals surface area contributed by atoms with Gasteiger partial charge < -0.3 is 14.2 Å². The fraction of sp³-hybridized carbons (Fsp3) is 0.677. The molecule has 0 saturated heterocycles. The molecule has 0 aliphatic heterocycles. The van der Waals surface area contributed by atoms with Crippen LogP contribution in [0, 0.1) is 0 Å². The molecule has 1 atom stereocenters. The number of ether oxygens (including phenoxy) is 3. The highest BCUT2D eigenvalue weighted by molar-refractivity contribution is 5.71. The fourth-order valence-electron chi connectivity index (χ4n) is 7.97. The van der Waals surface area contributed by atoms with Gasteiger partial charge in [-0.2, -0.15) is 0 Å². The van der Waals surface area contributed by atoms with Crippen LogP contribution in [0.15, 0.2) is 109 Å². The van der Waals surface area contributed by atoms with Crippen LogP contribution in [0.1, 0.15) is 265 Å². The molecule has 0 aromatic rings. The molecule has 0 radical (unpaired) electrons. The van der Waals surface area contributed by atoms with Crippen molar-refractivity contribution in [2.45, 2.75) is 271 Å². The largest absolute Gasteiger partial charge is 0.462 e. The third-order valence-corrected chi connectivity index (χ3v) is 12.3. The van der Waals surface area contributed by atoms with Crippen molar-refractivity contribution in [1.29, 1.82) is 0 Å². The molecule has 0 heterocycles. The zero-order valence-corrected chi connectivity index (χ0v) is 46.2. The molecule has 0 aliphatic carbocycles. The molecule has 0 aromatic heterocycles.